The van der Waals surface area contributed by atoms with Crippen LogP contribution in [-0.2, 0) is 4.79 Å². The highest BCUT2D eigenvalue weighted by Gasteiger charge is 2.15. The van der Waals surface area contributed by atoms with E-state index in [1.165, 1.54) is 19.3 Å². The van der Waals surface area contributed by atoms with Gasteiger partial charge in [0.25, 0.3) is 0 Å². The van der Waals surface area contributed by atoms with E-state index in [4.69, 9.17) is 23.2 Å². The van der Waals surface area contributed by atoms with Crippen molar-refractivity contribution in [1.82, 2.24) is 10.2 Å². The molecule has 1 aromatic carbocycles. The SMILES string of the molecule is O=C(CC(O)c1cc(Cl)cc(Cl)c1)NCCN1CCCCC1. The zero-order valence-electron chi connectivity index (χ0n) is 12.5. The molecule has 1 amide bonds. The first kappa shape index (κ1) is 17.5. The third-order valence-corrected chi connectivity index (χ3v) is 4.28. The number of aliphatic hydroxyl groups is 1. The fourth-order valence-electron chi connectivity index (χ4n) is 2.67. The van der Waals surface area contributed by atoms with Crippen molar-refractivity contribution < 1.29 is 9.90 Å². The first-order valence-electron chi connectivity index (χ1n) is 7.68. The maximum absolute atomic E-state index is 11.9. The number of aliphatic hydroxyl groups excluding tert-OH is 1. The van der Waals surface area contributed by atoms with Crippen molar-refractivity contribution >= 4 is 29.1 Å². The Bertz CT molecular complexity index is 485. The molecule has 0 saturated carbocycles. The normalized spacial score (nSPS) is 17.2. The molecule has 1 heterocycles. The smallest absolute Gasteiger partial charge is 0.223 e. The number of carbonyl (C=O) groups excluding carboxylic acids is 1. The van der Waals surface area contributed by atoms with E-state index in [2.05, 4.69) is 10.2 Å². The molecule has 1 saturated heterocycles. The maximum Gasteiger partial charge on any atom is 0.223 e. The number of hydrogen-bond donors (Lipinski definition) is 2. The molecule has 122 valence electrons. The molecule has 1 atom stereocenters. The second-order valence-electron chi connectivity index (χ2n) is 5.67. The van der Waals surface area contributed by atoms with Crippen molar-refractivity contribution in [2.24, 2.45) is 0 Å². The molecule has 0 aliphatic carbocycles. The van der Waals surface area contributed by atoms with Gasteiger partial charge in [0.15, 0.2) is 0 Å². The lowest BCUT2D eigenvalue weighted by atomic mass is 10.1. The highest BCUT2D eigenvalue weighted by Crippen LogP contribution is 2.25. The molecule has 1 fully saturated rings. The first-order valence-corrected chi connectivity index (χ1v) is 8.43. The average Bonchev–Trinajstić information content (AvgIpc) is 2.47. The summed E-state index contributed by atoms with van der Waals surface area (Å²) in [6.07, 6.45) is 2.89. The highest BCUT2D eigenvalue weighted by molar-refractivity contribution is 6.34. The lowest BCUT2D eigenvalue weighted by Crippen LogP contribution is -2.37. The van der Waals surface area contributed by atoms with Gasteiger partial charge in [-0.2, -0.15) is 0 Å². The minimum Gasteiger partial charge on any atom is -0.388 e. The van der Waals surface area contributed by atoms with E-state index >= 15 is 0 Å². The van der Waals surface area contributed by atoms with Crippen LogP contribution in [0.5, 0.6) is 0 Å². The number of likely N-dealkylation sites (tertiary alicyclic amines) is 1. The number of carbonyl (C=O) groups is 1. The van der Waals surface area contributed by atoms with E-state index in [0.29, 0.717) is 22.2 Å². The molecule has 2 N–H and O–H groups in total. The molecular formula is C16H22Cl2N2O2. The monoisotopic (exact) mass is 344 g/mol. The van der Waals surface area contributed by atoms with Crippen LogP contribution in [0.4, 0.5) is 0 Å². The summed E-state index contributed by atoms with van der Waals surface area (Å²) in [4.78, 5) is 14.2. The van der Waals surface area contributed by atoms with Gasteiger partial charge in [-0.1, -0.05) is 29.6 Å². The fraction of sp³-hybridized carbons (Fsp3) is 0.562. The summed E-state index contributed by atoms with van der Waals surface area (Å²) in [6, 6.07) is 4.84. The van der Waals surface area contributed by atoms with Crippen LogP contribution in [0.3, 0.4) is 0 Å². The average molecular weight is 345 g/mol. The van der Waals surface area contributed by atoms with Crippen molar-refractivity contribution in [3.05, 3.63) is 33.8 Å². The Kier molecular flexibility index (Phi) is 6.96. The van der Waals surface area contributed by atoms with Gasteiger partial charge in [-0.25, -0.2) is 0 Å². The largest absolute Gasteiger partial charge is 0.388 e. The Labute approximate surface area is 141 Å². The Morgan fingerprint density at radius 1 is 1.18 bits per heavy atom. The zero-order chi connectivity index (χ0) is 15.9. The van der Waals surface area contributed by atoms with E-state index in [-0.39, 0.29) is 12.3 Å². The van der Waals surface area contributed by atoms with Crippen molar-refractivity contribution in [3.63, 3.8) is 0 Å². The summed E-state index contributed by atoms with van der Waals surface area (Å²) in [7, 11) is 0. The number of nitrogens with one attached hydrogen (secondary N) is 1. The van der Waals surface area contributed by atoms with Crippen molar-refractivity contribution in [2.45, 2.75) is 31.8 Å². The number of halogens is 2. The molecular weight excluding hydrogens is 323 g/mol. The third-order valence-electron chi connectivity index (χ3n) is 3.85. The Morgan fingerprint density at radius 2 is 1.82 bits per heavy atom. The fourth-order valence-corrected chi connectivity index (χ4v) is 3.21. The minimum atomic E-state index is -0.897. The number of amides is 1. The predicted octanol–water partition coefficient (Wildman–Crippen LogP) is 3.02. The van der Waals surface area contributed by atoms with Gasteiger partial charge in [-0.15, -0.1) is 0 Å². The Morgan fingerprint density at radius 3 is 2.45 bits per heavy atom. The van der Waals surface area contributed by atoms with Crippen LogP contribution in [0, 0.1) is 0 Å². The molecule has 1 aliphatic heterocycles. The summed E-state index contributed by atoms with van der Waals surface area (Å²) in [5.74, 6) is -0.166. The quantitative estimate of drug-likeness (QED) is 0.833. The molecule has 2 rings (SSSR count). The molecule has 4 nitrogen and oxygen atoms in total. The first-order chi connectivity index (χ1) is 10.5. The lowest BCUT2D eigenvalue weighted by Gasteiger charge is -2.26. The van der Waals surface area contributed by atoms with Crippen LogP contribution < -0.4 is 5.32 Å². The van der Waals surface area contributed by atoms with Crippen LogP contribution in [0.2, 0.25) is 10.0 Å². The Hall–Kier alpha value is -0.810. The topological polar surface area (TPSA) is 52.6 Å². The number of hydrogen-bond acceptors (Lipinski definition) is 3. The molecule has 6 heteroatoms. The van der Waals surface area contributed by atoms with Crippen molar-refractivity contribution in [2.75, 3.05) is 26.2 Å². The van der Waals surface area contributed by atoms with Crippen LogP contribution in [0.15, 0.2) is 18.2 Å². The third kappa shape index (κ3) is 5.76. The standard InChI is InChI=1S/C16H22Cl2N2O2/c17-13-8-12(9-14(18)10-13)15(21)11-16(22)19-4-7-20-5-2-1-3-6-20/h8-10,15,21H,1-7,11H2,(H,19,22). The van der Waals surface area contributed by atoms with Crippen LogP contribution in [0.1, 0.15) is 37.4 Å². The summed E-state index contributed by atoms with van der Waals surface area (Å²) >= 11 is 11.8. The minimum absolute atomic E-state index is 0.0106. The van der Waals surface area contributed by atoms with E-state index < -0.39 is 6.10 Å². The maximum atomic E-state index is 11.9. The van der Waals surface area contributed by atoms with E-state index in [1.54, 1.807) is 18.2 Å². The molecule has 1 unspecified atom stereocenters. The summed E-state index contributed by atoms with van der Waals surface area (Å²) in [5.41, 5.74) is 0.559. The predicted molar refractivity (Wildman–Crippen MR) is 89.3 cm³/mol. The van der Waals surface area contributed by atoms with Gasteiger partial charge in [-0.05, 0) is 49.7 Å². The highest BCUT2D eigenvalue weighted by atomic mass is 35.5. The molecule has 0 aromatic heterocycles. The second-order valence-corrected chi connectivity index (χ2v) is 6.55. The van der Waals surface area contributed by atoms with Gasteiger partial charge >= 0.3 is 0 Å². The molecule has 22 heavy (non-hydrogen) atoms. The molecule has 0 bridgehead atoms. The number of rotatable bonds is 6. The van der Waals surface area contributed by atoms with E-state index in [9.17, 15) is 9.90 Å². The molecule has 1 aromatic rings. The number of benzene rings is 1. The van der Waals surface area contributed by atoms with Gasteiger partial charge in [0.2, 0.25) is 5.91 Å². The van der Waals surface area contributed by atoms with Gasteiger partial charge < -0.3 is 15.3 Å². The summed E-state index contributed by atoms with van der Waals surface area (Å²) in [5, 5.41) is 13.9. The van der Waals surface area contributed by atoms with Crippen LogP contribution >= 0.6 is 23.2 Å². The summed E-state index contributed by atoms with van der Waals surface area (Å²) in [6.45, 7) is 3.70. The Balaban J connectivity index is 1.73. The van der Waals surface area contributed by atoms with Crippen molar-refractivity contribution in [1.29, 1.82) is 0 Å². The van der Waals surface area contributed by atoms with Crippen LogP contribution in [-0.4, -0.2) is 42.1 Å². The molecule has 0 radical (unpaired) electrons. The summed E-state index contributed by atoms with van der Waals surface area (Å²) < 4.78 is 0. The number of nitrogens with zero attached hydrogens (tertiary/aromatic N) is 1. The lowest BCUT2D eigenvalue weighted by molar-refractivity contribution is -0.123. The van der Waals surface area contributed by atoms with E-state index in [1.807, 2.05) is 0 Å². The molecule has 1 aliphatic rings. The van der Waals surface area contributed by atoms with Gasteiger partial charge in [0.1, 0.15) is 0 Å². The van der Waals surface area contributed by atoms with E-state index in [0.717, 1.165) is 19.6 Å². The van der Waals surface area contributed by atoms with Gasteiger partial charge in [-0.3, -0.25) is 4.79 Å². The number of piperidine rings is 1. The van der Waals surface area contributed by atoms with Gasteiger partial charge in [0.05, 0.1) is 12.5 Å². The second kappa shape index (κ2) is 8.73. The zero-order valence-corrected chi connectivity index (χ0v) is 14.0. The van der Waals surface area contributed by atoms with Crippen LogP contribution in [0.25, 0.3) is 0 Å². The molecule has 0 spiro atoms. The van der Waals surface area contributed by atoms with Crippen molar-refractivity contribution in [3.8, 4) is 0 Å². The van der Waals surface area contributed by atoms with Gasteiger partial charge in [0, 0.05) is 23.1 Å².